The summed E-state index contributed by atoms with van der Waals surface area (Å²) < 4.78 is 9.97. The largest absolute Gasteiger partial charge is 0.507 e. The zero-order valence-corrected chi connectivity index (χ0v) is 16.1. The highest BCUT2D eigenvalue weighted by Crippen LogP contribution is 2.26. The summed E-state index contributed by atoms with van der Waals surface area (Å²) in [4.78, 5) is 11.5. The predicted molar refractivity (Wildman–Crippen MR) is 106 cm³/mol. The fourth-order valence-electron chi connectivity index (χ4n) is 2.13. The third kappa shape index (κ3) is 7.86. The van der Waals surface area contributed by atoms with Crippen LogP contribution in [0.5, 0.6) is 17.2 Å². The molecule has 0 aromatic heterocycles. The van der Waals surface area contributed by atoms with Crippen LogP contribution in [0.1, 0.15) is 36.2 Å². The molecule has 2 N–H and O–H groups in total. The van der Waals surface area contributed by atoms with Crippen molar-refractivity contribution in [2.45, 2.75) is 26.7 Å². The van der Waals surface area contributed by atoms with Crippen molar-refractivity contribution in [2.24, 2.45) is 5.92 Å². The minimum absolute atomic E-state index is 0.0351. The van der Waals surface area contributed by atoms with E-state index in [9.17, 15) is 15.0 Å². The molecule has 0 amide bonds. The highest BCUT2D eigenvalue weighted by atomic mass is 16.5. The Kier molecular flexibility index (Phi) is 9.51. The highest BCUT2D eigenvalue weighted by molar-refractivity contribution is 5.92. The number of phenols is 2. The van der Waals surface area contributed by atoms with Gasteiger partial charge in [-0.15, -0.1) is 6.58 Å². The molecule has 146 valence electrons. The molecule has 5 nitrogen and oxygen atoms in total. The lowest BCUT2D eigenvalue weighted by Gasteiger charge is -2.07. The van der Waals surface area contributed by atoms with Crippen molar-refractivity contribution < 1.29 is 24.5 Å². The van der Waals surface area contributed by atoms with Gasteiger partial charge in [0.2, 0.25) is 0 Å². The quantitative estimate of drug-likeness (QED) is 0.543. The van der Waals surface area contributed by atoms with Gasteiger partial charge in [0.05, 0.1) is 13.7 Å². The number of carbonyl (C=O) groups excluding carboxylic acids is 1. The summed E-state index contributed by atoms with van der Waals surface area (Å²) in [7, 11) is 1.53. The average Bonchev–Trinajstić information content (AvgIpc) is 2.64. The van der Waals surface area contributed by atoms with Crippen LogP contribution < -0.4 is 4.74 Å². The van der Waals surface area contributed by atoms with Crippen molar-refractivity contribution >= 4 is 5.97 Å². The second-order valence-electron chi connectivity index (χ2n) is 6.33. The Morgan fingerprint density at radius 3 is 2.44 bits per heavy atom. The molecule has 27 heavy (non-hydrogen) atoms. The molecule has 5 heteroatoms. The number of phenolic OH excluding ortho intramolecular Hbond substituents is 2. The van der Waals surface area contributed by atoms with E-state index in [-0.39, 0.29) is 17.1 Å². The fraction of sp³-hybridized carbons (Fsp3) is 0.318. The second kappa shape index (κ2) is 11.6. The first kappa shape index (κ1) is 22.1. The minimum Gasteiger partial charge on any atom is -0.507 e. The van der Waals surface area contributed by atoms with Crippen molar-refractivity contribution in [1.82, 2.24) is 0 Å². The molecule has 2 rings (SSSR count). The van der Waals surface area contributed by atoms with Crippen LogP contribution in [0.2, 0.25) is 0 Å². The van der Waals surface area contributed by atoms with Crippen LogP contribution in [0.3, 0.4) is 0 Å². The van der Waals surface area contributed by atoms with E-state index in [0.29, 0.717) is 18.3 Å². The van der Waals surface area contributed by atoms with Crippen LogP contribution in [0, 0.1) is 5.92 Å². The van der Waals surface area contributed by atoms with Gasteiger partial charge in [-0.25, -0.2) is 4.79 Å². The number of rotatable bonds is 7. The molecule has 0 radical (unpaired) electrons. The van der Waals surface area contributed by atoms with Crippen LogP contribution in [0.15, 0.2) is 55.1 Å². The SMILES string of the molecule is C=CCc1ccc(O)c(OC)c1.CC(C)CCOC(=O)c1ccccc1O. The number of aromatic hydroxyl groups is 2. The Morgan fingerprint density at radius 2 is 1.85 bits per heavy atom. The molecule has 0 heterocycles. The number of benzene rings is 2. The van der Waals surface area contributed by atoms with Gasteiger partial charge < -0.3 is 19.7 Å². The number of carbonyl (C=O) groups is 1. The van der Waals surface area contributed by atoms with E-state index in [1.807, 2.05) is 12.1 Å². The van der Waals surface area contributed by atoms with Crippen LogP contribution >= 0.6 is 0 Å². The van der Waals surface area contributed by atoms with E-state index in [2.05, 4.69) is 20.4 Å². The summed E-state index contributed by atoms with van der Waals surface area (Å²) >= 11 is 0. The first-order valence-electron chi connectivity index (χ1n) is 8.80. The molecule has 0 saturated heterocycles. The number of allylic oxidation sites excluding steroid dienone is 1. The van der Waals surface area contributed by atoms with Crippen molar-refractivity contribution in [1.29, 1.82) is 0 Å². The van der Waals surface area contributed by atoms with Crippen molar-refractivity contribution in [3.8, 4) is 17.2 Å². The molecular formula is C22H28O5. The summed E-state index contributed by atoms with van der Waals surface area (Å²) in [6.45, 7) is 8.15. The molecule has 0 fully saturated rings. The lowest BCUT2D eigenvalue weighted by atomic mass is 10.1. The van der Waals surface area contributed by atoms with Crippen molar-refractivity contribution in [3.05, 3.63) is 66.2 Å². The number of methoxy groups -OCH3 is 1. The van der Waals surface area contributed by atoms with Crippen LogP contribution in [0.4, 0.5) is 0 Å². The van der Waals surface area contributed by atoms with E-state index >= 15 is 0 Å². The number of hydrogen-bond donors (Lipinski definition) is 2. The minimum atomic E-state index is -0.464. The van der Waals surface area contributed by atoms with Crippen molar-refractivity contribution in [2.75, 3.05) is 13.7 Å². The lowest BCUT2D eigenvalue weighted by Crippen LogP contribution is -2.08. The molecule has 0 bridgehead atoms. The molecule has 2 aromatic rings. The average molecular weight is 372 g/mol. The number of hydrogen-bond acceptors (Lipinski definition) is 5. The van der Waals surface area contributed by atoms with Gasteiger partial charge in [-0.2, -0.15) is 0 Å². The smallest absolute Gasteiger partial charge is 0.341 e. The molecule has 0 aliphatic carbocycles. The fourth-order valence-corrected chi connectivity index (χ4v) is 2.13. The maximum absolute atomic E-state index is 11.5. The van der Waals surface area contributed by atoms with Crippen LogP contribution in [0.25, 0.3) is 0 Å². The highest BCUT2D eigenvalue weighted by Gasteiger charge is 2.11. The van der Waals surface area contributed by atoms with Gasteiger partial charge in [0.1, 0.15) is 11.3 Å². The van der Waals surface area contributed by atoms with Gasteiger partial charge in [-0.1, -0.05) is 38.1 Å². The maximum Gasteiger partial charge on any atom is 0.341 e. The number of esters is 1. The molecule has 0 saturated carbocycles. The zero-order chi connectivity index (χ0) is 20.2. The van der Waals surface area contributed by atoms with E-state index in [1.165, 1.54) is 13.2 Å². The molecular weight excluding hydrogens is 344 g/mol. The number of ether oxygens (including phenoxy) is 2. The van der Waals surface area contributed by atoms with Gasteiger partial charge in [0.25, 0.3) is 0 Å². The van der Waals surface area contributed by atoms with Crippen LogP contribution in [-0.4, -0.2) is 29.9 Å². The van der Waals surface area contributed by atoms with Gasteiger partial charge in [-0.3, -0.25) is 0 Å². The summed E-state index contributed by atoms with van der Waals surface area (Å²) in [6, 6.07) is 11.7. The Labute approximate surface area is 160 Å². The Bertz CT molecular complexity index is 737. The zero-order valence-electron chi connectivity index (χ0n) is 16.1. The lowest BCUT2D eigenvalue weighted by molar-refractivity contribution is 0.0485. The first-order valence-corrected chi connectivity index (χ1v) is 8.80. The van der Waals surface area contributed by atoms with Crippen molar-refractivity contribution in [3.63, 3.8) is 0 Å². The van der Waals surface area contributed by atoms with Gasteiger partial charge in [-0.05, 0) is 48.6 Å². The predicted octanol–water partition coefficient (Wildman–Crippen LogP) is 4.72. The Balaban J connectivity index is 0.000000277. The van der Waals surface area contributed by atoms with Crippen LogP contribution in [-0.2, 0) is 11.2 Å². The third-order valence-electron chi connectivity index (χ3n) is 3.68. The van der Waals surface area contributed by atoms with Gasteiger partial charge in [0, 0.05) is 0 Å². The molecule has 0 unspecified atom stereocenters. The Morgan fingerprint density at radius 1 is 1.15 bits per heavy atom. The summed E-state index contributed by atoms with van der Waals surface area (Å²) in [5.74, 6) is 0.683. The normalized spacial score (nSPS) is 9.93. The standard InChI is InChI=1S/C12H16O3.C10H12O2/c1-9(2)7-8-15-12(14)10-5-3-4-6-11(10)13;1-3-4-8-5-6-9(11)10(7-8)12-2/h3-6,9,13H,7-8H2,1-2H3;3,5-7,11H,1,4H2,2H3. The van der Waals surface area contributed by atoms with Gasteiger partial charge in [0.15, 0.2) is 11.5 Å². The summed E-state index contributed by atoms with van der Waals surface area (Å²) in [5.41, 5.74) is 1.31. The Hall–Kier alpha value is -2.95. The molecule has 0 atom stereocenters. The summed E-state index contributed by atoms with van der Waals surface area (Å²) in [6.07, 6.45) is 3.43. The van der Waals surface area contributed by atoms with E-state index < -0.39 is 5.97 Å². The molecule has 0 spiro atoms. The third-order valence-corrected chi connectivity index (χ3v) is 3.68. The molecule has 0 aliphatic rings. The molecule has 0 aliphatic heterocycles. The topological polar surface area (TPSA) is 76.0 Å². The van der Waals surface area contributed by atoms with E-state index in [0.717, 1.165) is 18.4 Å². The number of para-hydroxylation sites is 1. The van der Waals surface area contributed by atoms with E-state index in [1.54, 1.807) is 30.3 Å². The maximum atomic E-state index is 11.5. The van der Waals surface area contributed by atoms with Gasteiger partial charge >= 0.3 is 5.97 Å². The van der Waals surface area contributed by atoms with E-state index in [4.69, 9.17) is 9.47 Å². The second-order valence-corrected chi connectivity index (χ2v) is 6.33. The molecule has 2 aromatic carbocycles. The summed E-state index contributed by atoms with van der Waals surface area (Å²) in [5, 5.41) is 18.6. The monoisotopic (exact) mass is 372 g/mol. The first-order chi connectivity index (χ1) is 12.9.